The zero-order valence-electron chi connectivity index (χ0n) is 18.3. The van der Waals surface area contributed by atoms with E-state index in [9.17, 15) is 22.8 Å². The lowest BCUT2D eigenvalue weighted by atomic mass is 10.0. The van der Waals surface area contributed by atoms with Crippen LogP contribution in [0.4, 0.5) is 28.6 Å². The maximum atomic E-state index is 14.2. The van der Waals surface area contributed by atoms with Crippen molar-refractivity contribution in [1.29, 1.82) is 0 Å². The Balaban J connectivity index is 2.89. The Morgan fingerprint density at radius 3 is 1.77 bits per heavy atom. The van der Waals surface area contributed by atoms with E-state index in [0.717, 1.165) is 0 Å². The van der Waals surface area contributed by atoms with Crippen molar-refractivity contribution in [2.24, 2.45) is 0 Å². The van der Waals surface area contributed by atoms with Crippen LogP contribution in [0, 0.1) is 0 Å². The van der Waals surface area contributed by atoms with Gasteiger partial charge >= 0.3 is 18.4 Å². The van der Waals surface area contributed by atoms with Gasteiger partial charge in [-0.25, -0.2) is 14.6 Å². The minimum absolute atomic E-state index is 0.0655. The number of carbonyl (C=O) groups is 2. The molecule has 2 rings (SSSR count). The molecule has 0 aliphatic rings. The number of anilines is 1. The van der Waals surface area contributed by atoms with Gasteiger partial charge in [0.2, 0.25) is 0 Å². The van der Waals surface area contributed by atoms with Crippen LogP contribution in [0.2, 0.25) is 0 Å². The third-order valence-electron chi connectivity index (χ3n) is 3.76. The van der Waals surface area contributed by atoms with Gasteiger partial charge in [0.1, 0.15) is 16.8 Å². The molecule has 0 unspecified atom stereocenters. The van der Waals surface area contributed by atoms with E-state index in [1.807, 2.05) is 0 Å². The quantitative estimate of drug-likeness (QED) is 0.530. The minimum Gasteiger partial charge on any atom is -0.443 e. The van der Waals surface area contributed by atoms with Crippen LogP contribution < -0.4 is 4.90 Å². The third-order valence-corrected chi connectivity index (χ3v) is 3.76. The molecule has 2 amide bonds. The highest BCUT2D eigenvalue weighted by Gasteiger charge is 2.43. The van der Waals surface area contributed by atoms with Crippen molar-refractivity contribution in [1.82, 2.24) is 4.98 Å². The van der Waals surface area contributed by atoms with Gasteiger partial charge < -0.3 is 9.47 Å². The van der Waals surface area contributed by atoms with Crippen molar-refractivity contribution in [3.8, 4) is 0 Å². The van der Waals surface area contributed by atoms with Crippen molar-refractivity contribution < 1.29 is 32.2 Å². The van der Waals surface area contributed by atoms with Gasteiger partial charge in [0.25, 0.3) is 0 Å². The lowest BCUT2D eigenvalue weighted by Crippen LogP contribution is -2.45. The number of amides is 2. The number of hydrogen-bond donors (Lipinski definition) is 0. The zero-order valence-corrected chi connectivity index (χ0v) is 18.3. The first kappa shape index (κ1) is 24.2. The molecular formula is C22H25F3N2O4. The number of benzene rings is 1. The van der Waals surface area contributed by atoms with Crippen LogP contribution in [-0.2, 0) is 15.7 Å². The van der Waals surface area contributed by atoms with Gasteiger partial charge in [-0.3, -0.25) is 0 Å². The van der Waals surface area contributed by atoms with E-state index in [-0.39, 0.29) is 21.4 Å². The number of halogens is 3. The number of alkyl halides is 3. The Labute approximate surface area is 178 Å². The summed E-state index contributed by atoms with van der Waals surface area (Å²) in [5.74, 6) is -0.940. The molecule has 1 heterocycles. The van der Waals surface area contributed by atoms with E-state index in [2.05, 4.69) is 11.6 Å². The summed E-state index contributed by atoms with van der Waals surface area (Å²) < 4.78 is 52.9. The van der Waals surface area contributed by atoms with Crippen LogP contribution >= 0.6 is 0 Å². The topological polar surface area (TPSA) is 68.7 Å². The van der Waals surface area contributed by atoms with Crippen LogP contribution in [0.15, 0.2) is 30.8 Å². The van der Waals surface area contributed by atoms with Gasteiger partial charge in [-0.1, -0.05) is 30.8 Å². The fourth-order valence-electron chi connectivity index (χ4n) is 2.73. The largest absolute Gasteiger partial charge is 0.443 e. The Kier molecular flexibility index (Phi) is 6.40. The molecular weight excluding hydrogens is 413 g/mol. The van der Waals surface area contributed by atoms with Gasteiger partial charge in [0.05, 0.1) is 5.69 Å². The third kappa shape index (κ3) is 5.74. The standard InChI is InChI=1S/C22H25F3N2O4/c1-8-15-13-11-9-10-12-14(13)16(22(23,24)25)17(26-15)27(18(28)30-20(2,3)4)19(29)31-21(5,6)7/h8-12H,1H2,2-7H3. The van der Waals surface area contributed by atoms with E-state index in [0.29, 0.717) is 0 Å². The van der Waals surface area contributed by atoms with Gasteiger partial charge in [-0.15, -0.1) is 0 Å². The molecule has 0 radical (unpaired) electrons. The highest BCUT2D eigenvalue weighted by Crippen LogP contribution is 2.42. The molecule has 0 saturated carbocycles. The summed E-state index contributed by atoms with van der Waals surface area (Å²) >= 11 is 0. The van der Waals surface area contributed by atoms with E-state index in [1.165, 1.54) is 65.8 Å². The normalized spacial score (nSPS) is 12.4. The first-order valence-corrected chi connectivity index (χ1v) is 9.43. The van der Waals surface area contributed by atoms with Crippen molar-refractivity contribution >= 4 is 34.9 Å². The summed E-state index contributed by atoms with van der Waals surface area (Å²) in [4.78, 5) is 29.9. The first-order valence-electron chi connectivity index (χ1n) is 9.43. The minimum atomic E-state index is -4.94. The number of pyridine rings is 1. The van der Waals surface area contributed by atoms with Crippen LogP contribution in [0.5, 0.6) is 0 Å². The van der Waals surface area contributed by atoms with E-state index in [4.69, 9.17) is 9.47 Å². The SMILES string of the molecule is C=Cc1nc(N(C(=O)OC(C)(C)C)C(=O)OC(C)(C)C)c(C(F)(F)F)c2ccccc12. The van der Waals surface area contributed by atoms with Crippen molar-refractivity contribution in [2.75, 3.05) is 4.90 Å². The molecule has 0 spiro atoms. The fraction of sp³-hybridized carbons (Fsp3) is 0.409. The summed E-state index contributed by atoms with van der Waals surface area (Å²) in [6.45, 7) is 12.7. The highest BCUT2D eigenvalue weighted by molar-refractivity contribution is 6.11. The average molecular weight is 438 g/mol. The summed E-state index contributed by atoms with van der Waals surface area (Å²) in [6, 6.07) is 5.65. The second kappa shape index (κ2) is 8.20. The van der Waals surface area contributed by atoms with Gasteiger partial charge in [-0.2, -0.15) is 18.1 Å². The molecule has 2 aromatic rings. The lowest BCUT2D eigenvalue weighted by molar-refractivity contribution is -0.135. The molecule has 0 aliphatic carbocycles. The molecule has 1 aromatic carbocycles. The molecule has 0 aliphatic heterocycles. The van der Waals surface area contributed by atoms with Crippen molar-refractivity contribution in [2.45, 2.75) is 58.9 Å². The maximum absolute atomic E-state index is 14.2. The van der Waals surface area contributed by atoms with E-state index < -0.39 is 40.9 Å². The number of fused-ring (bicyclic) bond motifs is 1. The predicted octanol–water partition coefficient (Wildman–Crippen LogP) is 6.57. The Bertz CT molecular complexity index is 990. The van der Waals surface area contributed by atoms with E-state index in [1.54, 1.807) is 6.07 Å². The Hall–Kier alpha value is -3.10. The highest BCUT2D eigenvalue weighted by atomic mass is 19.4. The van der Waals surface area contributed by atoms with Gasteiger partial charge in [0.15, 0.2) is 5.82 Å². The summed E-state index contributed by atoms with van der Waals surface area (Å²) in [5, 5.41) is -0.0751. The summed E-state index contributed by atoms with van der Waals surface area (Å²) in [7, 11) is 0. The second-order valence-corrected chi connectivity index (χ2v) is 8.74. The maximum Gasteiger partial charge on any atom is 0.425 e. The number of nitrogens with zero attached hydrogens (tertiary/aromatic N) is 2. The number of hydrogen-bond acceptors (Lipinski definition) is 5. The molecule has 9 heteroatoms. The molecule has 1 aromatic heterocycles. The molecule has 0 bridgehead atoms. The first-order chi connectivity index (χ1) is 14.0. The lowest BCUT2D eigenvalue weighted by Gasteiger charge is -2.29. The monoisotopic (exact) mass is 438 g/mol. The van der Waals surface area contributed by atoms with Gasteiger partial charge in [-0.05, 0) is 53.0 Å². The molecule has 0 fully saturated rings. The van der Waals surface area contributed by atoms with Crippen LogP contribution in [0.3, 0.4) is 0 Å². The zero-order chi connectivity index (χ0) is 23.8. The molecule has 0 atom stereocenters. The number of ether oxygens (including phenoxy) is 2. The summed E-state index contributed by atoms with van der Waals surface area (Å²) in [5.41, 5.74) is -3.37. The Morgan fingerprint density at radius 2 is 1.39 bits per heavy atom. The molecule has 0 saturated heterocycles. The van der Waals surface area contributed by atoms with Crippen molar-refractivity contribution in [3.05, 3.63) is 42.1 Å². The van der Waals surface area contributed by atoms with Crippen molar-refractivity contribution in [3.63, 3.8) is 0 Å². The predicted molar refractivity (Wildman–Crippen MR) is 112 cm³/mol. The number of imide groups is 1. The fourth-order valence-corrected chi connectivity index (χ4v) is 2.73. The van der Waals surface area contributed by atoms with Crippen LogP contribution in [0.25, 0.3) is 16.8 Å². The number of aromatic nitrogens is 1. The molecule has 168 valence electrons. The number of carbonyl (C=O) groups excluding carboxylic acids is 2. The molecule has 6 nitrogen and oxygen atoms in total. The molecule has 31 heavy (non-hydrogen) atoms. The van der Waals surface area contributed by atoms with Gasteiger partial charge in [0, 0.05) is 5.39 Å². The smallest absolute Gasteiger partial charge is 0.425 e. The molecule has 0 N–H and O–H groups in total. The van der Waals surface area contributed by atoms with Crippen LogP contribution in [0.1, 0.15) is 52.8 Å². The van der Waals surface area contributed by atoms with Crippen LogP contribution in [-0.4, -0.2) is 28.4 Å². The number of rotatable bonds is 2. The van der Waals surface area contributed by atoms with E-state index >= 15 is 0 Å². The Morgan fingerprint density at radius 1 is 0.935 bits per heavy atom. The average Bonchev–Trinajstić information content (AvgIpc) is 2.56. The summed E-state index contributed by atoms with van der Waals surface area (Å²) in [6.07, 6.45) is -6.38. The second-order valence-electron chi connectivity index (χ2n) is 8.74.